The zero-order chi connectivity index (χ0) is 17.9. The molecule has 1 aromatic carbocycles. The van der Waals surface area contributed by atoms with E-state index in [1.165, 1.54) is 6.26 Å². The lowest BCUT2D eigenvalue weighted by Crippen LogP contribution is -2.25. The minimum absolute atomic E-state index is 0. The molecule has 0 aliphatic carbocycles. The molecule has 4 rings (SSSR count). The molecule has 0 fully saturated rings. The fourth-order valence-corrected chi connectivity index (χ4v) is 2.93. The number of nitrogens with zero attached hydrogens (tertiary/aromatic N) is 2. The predicted molar refractivity (Wildman–Crippen MR) is 98.0 cm³/mol. The summed E-state index contributed by atoms with van der Waals surface area (Å²) < 4.78 is 24.8. The first kappa shape index (κ1) is 19.1. The van der Waals surface area contributed by atoms with Crippen LogP contribution in [-0.4, -0.2) is 22.6 Å². The fourth-order valence-electron chi connectivity index (χ4n) is 2.93. The summed E-state index contributed by atoms with van der Waals surface area (Å²) in [6.45, 7) is 1.38. The monoisotopic (exact) mass is 392 g/mol. The number of furan rings is 1. The van der Waals surface area contributed by atoms with Crippen molar-refractivity contribution in [3.8, 4) is 11.6 Å². The molecule has 142 valence electrons. The number of anilines is 1. The predicted octanol–water partition coefficient (Wildman–Crippen LogP) is 3.11. The van der Waals surface area contributed by atoms with Gasteiger partial charge in [-0.05, 0) is 42.3 Å². The van der Waals surface area contributed by atoms with Crippen LogP contribution in [-0.2, 0) is 24.2 Å². The molecule has 2 aromatic heterocycles. The van der Waals surface area contributed by atoms with Crippen molar-refractivity contribution in [2.24, 2.45) is 0 Å². The van der Waals surface area contributed by atoms with Gasteiger partial charge in [-0.2, -0.15) is 4.98 Å². The lowest BCUT2D eigenvalue weighted by molar-refractivity contribution is -0.116. The average molecular weight is 393 g/mol. The van der Waals surface area contributed by atoms with Crippen molar-refractivity contribution in [3.63, 3.8) is 0 Å². The van der Waals surface area contributed by atoms with E-state index in [1.807, 2.05) is 6.07 Å². The molecule has 1 aliphatic heterocycles. The number of hydrogen-bond donors (Lipinski definition) is 2. The van der Waals surface area contributed by atoms with Crippen LogP contribution in [0.3, 0.4) is 0 Å². The van der Waals surface area contributed by atoms with E-state index in [2.05, 4.69) is 20.8 Å². The van der Waals surface area contributed by atoms with Gasteiger partial charge in [-0.3, -0.25) is 4.79 Å². The van der Waals surface area contributed by atoms with Gasteiger partial charge in [0.2, 0.25) is 17.6 Å². The number of nitrogens with one attached hydrogen (secondary N) is 2. The summed E-state index contributed by atoms with van der Waals surface area (Å²) in [6, 6.07) is 6.88. The first-order valence-electron chi connectivity index (χ1n) is 8.38. The molecule has 0 atom stereocenters. The van der Waals surface area contributed by atoms with Gasteiger partial charge in [0.25, 0.3) is 0 Å². The Morgan fingerprint density at radius 3 is 3.04 bits per heavy atom. The first-order valence-corrected chi connectivity index (χ1v) is 8.38. The van der Waals surface area contributed by atoms with E-state index in [0.717, 1.165) is 12.1 Å². The van der Waals surface area contributed by atoms with Gasteiger partial charge < -0.3 is 19.6 Å². The number of halogens is 2. The van der Waals surface area contributed by atoms with Gasteiger partial charge in [-0.25, -0.2) is 4.39 Å². The van der Waals surface area contributed by atoms with Crippen molar-refractivity contribution in [1.82, 2.24) is 15.5 Å². The molecular formula is C18H18ClFN4O3. The zero-order valence-corrected chi connectivity index (χ0v) is 15.1. The molecule has 27 heavy (non-hydrogen) atoms. The SMILES string of the molecule is Cl.O=C(CCc1nc(-c2ccco2)no1)Nc1ccc2c(c1F)CCNC2. The number of benzene rings is 1. The molecule has 9 heteroatoms. The molecule has 1 amide bonds. The van der Waals surface area contributed by atoms with Gasteiger partial charge >= 0.3 is 0 Å². The van der Waals surface area contributed by atoms with E-state index >= 15 is 0 Å². The number of carbonyl (C=O) groups excluding carboxylic acids is 1. The van der Waals surface area contributed by atoms with Gasteiger partial charge in [-0.1, -0.05) is 11.2 Å². The van der Waals surface area contributed by atoms with Crippen LogP contribution in [0, 0.1) is 5.82 Å². The molecule has 0 bridgehead atoms. The standard InChI is InChI=1S/C18H17FN4O3.ClH/c19-17-12-7-8-20-10-11(12)3-4-13(17)21-15(24)5-6-16-22-18(23-26-16)14-2-1-9-25-14;/h1-4,9,20H,5-8,10H2,(H,21,24);1H. The molecule has 7 nitrogen and oxygen atoms in total. The number of rotatable bonds is 5. The molecule has 3 heterocycles. The summed E-state index contributed by atoms with van der Waals surface area (Å²) in [5.74, 6) is 0.490. The summed E-state index contributed by atoms with van der Waals surface area (Å²) in [6.07, 6.45) is 2.50. The summed E-state index contributed by atoms with van der Waals surface area (Å²) >= 11 is 0. The Kier molecular flexibility index (Phi) is 5.88. The van der Waals surface area contributed by atoms with Crippen LogP contribution < -0.4 is 10.6 Å². The van der Waals surface area contributed by atoms with Gasteiger partial charge in [0.1, 0.15) is 5.82 Å². The van der Waals surface area contributed by atoms with Crippen LogP contribution in [0.4, 0.5) is 10.1 Å². The molecule has 0 saturated carbocycles. The van der Waals surface area contributed by atoms with Gasteiger partial charge in [0.05, 0.1) is 12.0 Å². The maximum absolute atomic E-state index is 14.5. The van der Waals surface area contributed by atoms with Crippen LogP contribution in [0.25, 0.3) is 11.6 Å². The second-order valence-electron chi connectivity index (χ2n) is 6.03. The van der Waals surface area contributed by atoms with Gasteiger partial charge in [0, 0.05) is 19.4 Å². The lowest BCUT2D eigenvalue weighted by atomic mass is 9.99. The van der Waals surface area contributed by atoms with Gasteiger partial charge in [0.15, 0.2) is 5.76 Å². The zero-order valence-electron chi connectivity index (χ0n) is 14.3. The van der Waals surface area contributed by atoms with Crippen LogP contribution in [0.15, 0.2) is 39.5 Å². The highest BCUT2D eigenvalue weighted by Gasteiger charge is 2.18. The van der Waals surface area contributed by atoms with Gasteiger partial charge in [-0.15, -0.1) is 12.4 Å². The molecule has 2 N–H and O–H groups in total. The van der Waals surface area contributed by atoms with Crippen molar-refractivity contribution in [1.29, 1.82) is 0 Å². The second-order valence-corrected chi connectivity index (χ2v) is 6.03. The van der Waals surface area contributed by atoms with E-state index in [0.29, 0.717) is 36.0 Å². The minimum Gasteiger partial charge on any atom is -0.461 e. The number of aromatic nitrogens is 2. The quantitative estimate of drug-likeness (QED) is 0.693. The Labute approximate surface area is 160 Å². The van der Waals surface area contributed by atoms with E-state index in [9.17, 15) is 9.18 Å². The van der Waals surface area contributed by atoms with Crippen LogP contribution in [0.1, 0.15) is 23.4 Å². The summed E-state index contributed by atoms with van der Waals surface area (Å²) in [4.78, 5) is 16.3. The highest BCUT2D eigenvalue weighted by molar-refractivity contribution is 5.91. The Morgan fingerprint density at radius 1 is 1.33 bits per heavy atom. The van der Waals surface area contributed by atoms with Crippen molar-refractivity contribution in [3.05, 3.63) is 53.4 Å². The molecular weight excluding hydrogens is 375 g/mol. The molecule has 0 spiro atoms. The van der Waals surface area contributed by atoms with E-state index in [-0.39, 0.29) is 42.7 Å². The Bertz CT molecular complexity index is 927. The third-order valence-corrected chi connectivity index (χ3v) is 4.26. The molecule has 0 radical (unpaired) electrons. The number of fused-ring (bicyclic) bond motifs is 1. The third kappa shape index (κ3) is 4.17. The van der Waals surface area contributed by atoms with E-state index < -0.39 is 0 Å². The van der Waals surface area contributed by atoms with Crippen LogP contribution >= 0.6 is 12.4 Å². The van der Waals surface area contributed by atoms with E-state index in [1.54, 1.807) is 18.2 Å². The smallest absolute Gasteiger partial charge is 0.238 e. The Hall–Kier alpha value is -2.71. The van der Waals surface area contributed by atoms with Crippen molar-refractivity contribution < 1.29 is 18.1 Å². The number of carbonyl (C=O) groups is 1. The third-order valence-electron chi connectivity index (χ3n) is 4.26. The Morgan fingerprint density at radius 2 is 2.22 bits per heavy atom. The second kappa shape index (κ2) is 8.32. The Balaban J connectivity index is 0.00000210. The molecule has 0 saturated heterocycles. The van der Waals surface area contributed by atoms with Crippen molar-refractivity contribution >= 4 is 24.0 Å². The van der Waals surface area contributed by atoms with Crippen LogP contribution in [0.5, 0.6) is 0 Å². The number of hydrogen-bond acceptors (Lipinski definition) is 6. The highest BCUT2D eigenvalue weighted by Crippen LogP contribution is 2.24. The minimum atomic E-state index is -0.352. The van der Waals surface area contributed by atoms with Crippen LogP contribution in [0.2, 0.25) is 0 Å². The maximum Gasteiger partial charge on any atom is 0.238 e. The topological polar surface area (TPSA) is 93.2 Å². The highest BCUT2D eigenvalue weighted by atomic mass is 35.5. The lowest BCUT2D eigenvalue weighted by Gasteiger charge is -2.19. The first-order chi connectivity index (χ1) is 12.7. The van der Waals surface area contributed by atoms with E-state index in [4.69, 9.17) is 8.94 Å². The normalized spacial score (nSPS) is 12.9. The molecule has 1 aliphatic rings. The number of amides is 1. The maximum atomic E-state index is 14.5. The summed E-state index contributed by atoms with van der Waals surface area (Å²) in [5.41, 5.74) is 1.81. The van der Waals surface area contributed by atoms with Crippen molar-refractivity contribution in [2.75, 3.05) is 11.9 Å². The largest absolute Gasteiger partial charge is 0.461 e. The fraction of sp³-hybridized carbons (Fsp3) is 0.278. The summed E-state index contributed by atoms with van der Waals surface area (Å²) in [7, 11) is 0. The van der Waals surface area contributed by atoms with Crippen molar-refractivity contribution in [2.45, 2.75) is 25.8 Å². The average Bonchev–Trinajstić information content (AvgIpc) is 3.34. The summed E-state index contributed by atoms with van der Waals surface area (Å²) in [5, 5.41) is 9.62. The number of aryl methyl sites for hydroxylation is 1. The molecule has 3 aromatic rings. The molecule has 0 unspecified atom stereocenters.